The van der Waals surface area contributed by atoms with Gasteiger partial charge in [-0.05, 0) is 79.3 Å². The summed E-state index contributed by atoms with van der Waals surface area (Å²) in [7, 11) is 0. The second-order valence-corrected chi connectivity index (χ2v) is 11.2. The zero-order valence-corrected chi connectivity index (χ0v) is 22.6. The van der Waals surface area contributed by atoms with Crippen LogP contribution in [-0.4, -0.2) is 27.9 Å². The molecule has 6 rings (SSSR count). The first-order valence-electron chi connectivity index (χ1n) is 12.8. The van der Waals surface area contributed by atoms with E-state index in [0.29, 0.717) is 10.7 Å². The average molecular weight is 525 g/mol. The lowest BCUT2D eigenvalue weighted by atomic mass is 9.94. The Morgan fingerprint density at radius 3 is 2.61 bits per heavy atom. The largest absolute Gasteiger partial charge is 0.507 e. The Labute approximate surface area is 225 Å². The third-order valence-corrected chi connectivity index (χ3v) is 8.34. The number of carbonyl (C=O) groups is 2. The van der Waals surface area contributed by atoms with Gasteiger partial charge in [-0.3, -0.25) is 14.5 Å². The van der Waals surface area contributed by atoms with Gasteiger partial charge in [-0.2, -0.15) is 0 Å². The van der Waals surface area contributed by atoms with Crippen LogP contribution in [0.4, 0.5) is 5.13 Å². The summed E-state index contributed by atoms with van der Waals surface area (Å²) >= 11 is 1.38. The minimum atomic E-state index is -0.800. The highest BCUT2D eigenvalue weighted by atomic mass is 32.1. The second-order valence-electron chi connectivity index (χ2n) is 10.1. The molecule has 38 heavy (non-hydrogen) atoms. The number of hydrogen-bond acceptors (Lipinski definition) is 6. The van der Waals surface area contributed by atoms with Gasteiger partial charge in [0.1, 0.15) is 17.6 Å². The summed E-state index contributed by atoms with van der Waals surface area (Å²) in [6.07, 6.45) is 1.64. The lowest BCUT2D eigenvalue weighted by molar-refractivity contribution is -0.132. The van der Waals surface area contributed by atoms with Crippen molar-refractivity contribution in [3.05, 3.63) is 93.6 Å². The predicted octanol–water partition coefficient (Wildman–Crippen LogP) is 6.43. The van der Waals surface area contributed by atoms with Crippen molar-refractivity contribution >= 4 is 44.1 Å². The van der Waals surface area contributed by atoms with Crippen molar-refractivity contribution in [2.24, 2.45) is 0 Å². The molecule has 0 radical (unpaired) electrons. The van der Waals surface area contributed by atoms with Crippen molar-refractivity contribution in [1.82, 2.24) is 4.98 Å². The maximum atomic E-state index is 13.6. The molecule has 0 bridgehead atoms. The number of aliphatic hydroxyl groups is 1. The van der Waals surface area contributed by atoms with Gasteiger partial charge in [0.25, 0.3) is 5.78 Å². The maximum Gasteiger partial charge on any atom is 0.301 e. The van der Waals surface area contributed by atoms with Crippen LogP contribution in [-0.2, 0) is 22.4 Å². The number of fused-ring (bicyclic) bond motifs is 2. The summed E-state index contributed by atoms with van der Waals surface area (Å²) in [6, 6.07) is 16.5. The molecule has 192 valence electrons. The van der Waals surface area contributed by atoms with Crippen molar-refractivity contribution in [3.63, 3.8) is 0 Å². The molecule has 3 heterocycles. The van der Waals surface area contributed by atoms with Gasteiger partial charge < -0.3 is 9.84 Å². The number of amides is 1. The quantitative estimate of drug-likeness (QED) is 0.189. The van der Waals surface area contributed by atoms with Crippen LogP contribution >= 0.6 is 11.3 Å². The van der Waals surface area contributed by atoms with Crippen molar-refractivity contribution in [2.45, 2.75) is 52.7 Å². The molecule has 0 saturated carbocycles. The molecule has 0 aliphatic carbocycles. The van der Waals surface area contributed by atoms with Crippen LogP contribution in [0.5, 0.6) is 5.75 Å². The molecule has 0 unspecified atom stereocenters. The number of hydrogen-bond donors (Lipinski definition) is 1. The molecular formula is C31H28N2O4S. The number of rotatable bonds is 4. The summed E-state index contributed by atoms with van der Waals surface area (Å²) in [6.45, 7) is 8.08. The SMILES string of the molecule is CCc1ccc([C@@H]2C(=C(O)c3ccc4c(c3)C[C@H](C)O4)C(=O)C(=O)N2c2nc3c(C)cc(C)cc3s2)cc1. The van der Waals surface area contributed by atoms with E-state index in [2.05, 4.69) is 13.0 Å². The molecule has 2 aliphatic heterocycles. The normalized spacial score (nSPS) is 20.3. The minimum absolute atomic E-state index is 0.0520. The highest BCUT2D eigenvalue weighted by Crippen LogP contribution is 2.45. The molecule has 2 atom stereocenters. The Morgan fingerprint density at radius 1 is 1.11 bits per heavy atom. The predicted molar refractivity (Wildman–Crippen MR) is 150 cm³/mol. The number of aryl methyl sites for hydroxylation is 3. The van der Waals surface area contributed by atoms with Crippen LogP contribution in [0, 0.1) is 13.8 Å². The van der Waals surface area contributed by atoms with Crippen molar-refractivity contribution < 1.29 is 19.4 Å². The Kier molecular flexibility index (Phi) is 5.83. The van der Waals surface area contributed by atoms with Gasteiger partial charge >= 0.3 is 5.91 Å². The molecule has 1 N–H and O–H groups in total. The number of aliphatic hydroxyl groups excluding tert-OH is 1. The van der Waals surface area contributed by atoms with Crippen molar-refractivity contribution in [1.29, 1.82) is 0 Å². The van der Waals surface area contributed by atoms with Crippen LogP contribution in [0.3, 0.4) is 0 Å². The first-order valence-corrected chi connectivity index (χ1v) is 13.6. The topological polar surface area (TPSA) is 79.7 Å². The Morgan fingerprint density at radius 2 is 1.87 bits per heavy atom. The summed E-state index contributed by atoms with van der Waals surface area (Å²) < 4.78 is 6.76. The molecule has 6 nitrogen and oxygen atoms in total. The molecule has 0 spiro atoms. The fraction of sp³-hybridized carbons (Fsp3) is 0.258. The first-order chi connectivity index (χ1) is 18.2. The van der Waals surface area contributed by atoms with Crippen molar-refractivity contribution in [3.8, 4) is 5.75 Å². The van der Waals surface area contributed by atoms with E-state index in [-0.39, 0.29) is 17.4 Å². The summed E-state index contributed by atoms with van der Waals surface area (Å²) in [5, 5.41) is 12.0. The lowest BCUT2D eigenvalue weighted by Gasteiger charge is -2.23. The number of ether oxygens (including phenoxy) is 1. The van der Waals surface area contributed by atoms with E-state index in [9.17, 15) is 14.7 Å². The monoisotopic (exact) mass is 524 g/mol. The van der Waals surface area contributed by atoms with E-state index in [1.807, 2.05) is 63.2 Å². The number of aromatic nitrogens is 1. The van der Waals surface area contributed by atoms with Gasteiger partial charge in [0.2, 0.25) is 0 Å². The number of anilines is 1. The van der Waals surface area contributed by atoms with Crippen LogP contribution in [0.25, 0.3) is 16.0 Å². The molecule has 1 aromatic heterocycles. The average Bonchev–Trinajstić information content (AvgIpc) is 3.56. The zero-order chi connectivity index (χ0) is 26.7. The van der Waals surface area contributed by atoms with Crippen LogP contribution < -0.4 is 9.64 Å². The smallest absolute Gasteiger partial charge is 0.301 e. The van der Waals surface area contributed by atoms with Gasteiger partial charge in [-0.25, -0.2) is 4.98 Å². The maximum absolute atomic E-state index is 13.6. The molecule has 7 heteroatoms. The zero-order valence-electron chi connectivity index (χ0n) is 21.7. The molecule has 4 aromatic rings. The Hall–Kier alpha value is -3.97. The van der Waals surface area contributed by atoms with E-state index >= 15 is 0 Å². The second kappa shape index (κ2) is 9.10. The number of benzene rings is 3. The highest BCUT2D eigenvalue weighted by molar-refractivity contribution is 7.22. The van der Waals surface area contributed by atoms with E-state index in [4.69, 9.17) is 9.72 Å². The standard InChI is InChI=1S/C31H28N2O4S/c1-5-19-6-8-20(9-7-19)27-25(28(34)21-10-11-23-22(15-21)14-18(4)37-23)29(35)30(36)33(27)31-32-26-17(3)12-16(2)13-24(26)38-31/h6-13,15,18,27,34H,5,14H2,1-4H3/t18-,27+/m0/s1. The first kappa shape index (κ1) is 24.4. The van der Waals surface area contributed by atoms with Gasteiger partial charge in [0, 0.05) is 12.0 Å². The molecule has 1 fully saturated rings. The van der Waals surface area contributed by atoms with Crippen molar-refractivity contribution in [2.75, 3.05) is 4.90 Å². The van der Waals surface area contributed by atoms with Gasteiger partial charge in [-0.15, -0.1) is 0 Å². The molecule has 2 aliphatic rings. The molecule has 1 amide bonds. The van der Waals surface area contributed by atoms with E-state index in [1.54, 1.807) is 6.07 Å². The minimum Gasteiger partial charge on any atom is -0.507 e. The molecule has 1 saturated heterocycles. The number of ketones is 1. The van der Waals surface area contributed by atoms with E-state index < -0.39 is 17.7 Å². The third-order valence-electron chi connectivity index (χ3n) is 7.34. The number of thiazole rings is 1. The van der Waals surface area contributed by atoms with E-state index in [1.165, 1.54) is 16.2 Å². The fourth-order valence-corrected chi connectivity index (χ4v) is 6.64. The highest BCUT2D eigenvalue weighted by Gasteiger charge is 2.48. The summed E-state index contributed by atoms with van der Waals surface area (Å²) in [5.41, 5.74) is 6.34. The molecular weight excluding hydrogens is 496 g/mol. The lowest BCUT2D eigenvalue weighted by Crippen LogP contribution is -2.29. The number of nitrogens with zero attached hydrogens (tertiary/aromatic N) is 2. The third kappa shape index (κ3) is 3.89. The molecule has 3 aromatic carbocycles. The number of Topliss-reactive ketones (excluding diaryl/α,β-unsaturated/α-hetero) is 1. The van der Waals surface area contributed by atoms with Crippen LogP contribution in [0.1, 0.15) is 53.3 Å². The van der Waals surface area contributed by atoms with E-state index in [0.717, 1.165) is 56.6 Å². The van der Waals surface area contributed by atoms with Crippen LogP contribution in [0.2, 0.25) is 0 Å². The Balaban J connectivity index is 1.54. The fourth-order valence-electron chi connectivity index (χ4n) is 5.47. The number of carbonyl (C=O) groups excluding carboxylic acids is 2. The van der Waals surface area contributed by atoms with Gasteiger partial charge in [-0.1, -0.05) is 48.6 Å². The Bertz CT molecular complexity index is 1650. The summed E-state index contributed by atoms with van der Waals surface area (Å²) in [5.74, 6) is -0.820. The van der Waals surface area contributed by atoms with Gasteiger partial charge in [0.15, 0.2) is 5.13 Å². The summed E-state index contributed by atoms with van der Waals surface area (Å²) in [4.78, 5) is 33.4. The van der Waals surface area contributed by atoms with Gasteiger partial charge in [0.05, 0.1) is 21.8 Å². The van der Waals surface area contributed by atoms with Crippen LogP contribution in [0.15, 0.2) is 60.2 Å².